The zero-order chi connectivity index (χ0) is 12.8. The van der Waals surface area contributed by atoms with Gasteiger partial charge in [0, 0.05) is 6.54 Å². The predicted octanol–water partition coefficient (Wildman–Crippen LogP) is 4.02. The molecule has 1 fully saturated rings. The molecule has 2 nitrogen and oxygen atoms in total. The van der Waals surface area contributed by atoms with Crippen LogP contribution in [0.4, 0.5) is 0 Å². The standard InChI is InChI=1S/C15H22ClNO/c1-2-8-17-10-13-6-7-15(14(16)9-13)18-11-12-4-3-5-12/h6-7,9,12,17H,2-5,8,10-11H2,1H3. The molecule has 0 heterocycles. The van der Waals surface area contributed by atoms with E-state index >= 15 is 0 Å². The molecule has 0 radical (unpaired) electrons. The first-order chi connectivity index (χ1) is 8.79. The molecule has 0 atom stereocenters. The summed E-state index contributed by atoms with van der Waals surface area (Å²) in [6, 6.07) is 6.08. The summed E-state index contributed by atoms with van der Waals surface area (Å²) in [4.78, 5) is 0. The Kier molecular flexibility index (Phi) is 5.33. The summed E-state index contributed by atoms with van der Waals surface area (Å²) in [6.07, 6.45) is 5.10. The molecule has 100 valence electrons. The molecule has 0 unspecified atom stereocenters. The quantitative estimate of drug-likeness (QED) is 0.754. The van der Waals surface area contributed by atoms with Gasteiger partial charge in [-0.1, -0.05) is 31.0 Å². The average molecular weight is 268 g/mol. The fraction of sp³-hybridized carbons (Fsp3) is 0.600. The summed E-state index contributed by atoms with van der Waals surface area (Å²) in [5.41, 5.74) is 1.21. The lowest BCUT2D eigenvalue weighted by Crippen LogP contribution is -2.19. The van der Waals surface area contributed by atoms with Crippen LogP contribution in [0.25, 0.3) is 0 Å². The molecule has 2 rings (SSSR count). The topological polar surface area (TPSA) is 21.3 Å². The van der Waals surface area contributed by atoms with E-state index in [4.69, 9.17) is 16.3 Å². The number of benzene rings is 1. The van der Waals surface area contributed by atoms with Crippen molar-refractivity contribution in [2.24, 2.45) is 5.92 Å². The molecule has 0 bridgehead atoms. The first-order valence-electron chi connectivity index (χ1n) is 6.91. The summed E-state index contributed by atoms with van der Waals surface area (Å²) in [7, 11) is 0. The van der Waals surface area contributed by atoms with Crippen LogP contribution in [-0.4, -0.2) is 13.2 Å². The molecule has 1 aliphatic rings. The van der Waals surface area contributed by atoms with Crippen molar-refractivity contribution < 1.29 is 4.74 Å². The van der Waals surface area contributed by atoms with Gasteiger partial charge in [0.25, 0.3) is 0 Å². The van der Waals surface area contributed by atoms with Crippen molar-refractivity contribution in [3.63, 3.8) is 0 Å². The third-order valence-corrected chi connectivity index (χ3v) is 3.75. The number of nitrogens with one attached hydrogen (secondary N) is 1. The number of ether oxygens (including phenoxy) is 1. The van der Waals surface area contributed by atoms with Gasteiger partial charge >= 0.3 is 0 Å². The van der Waals surface area contributed by atoms with Gasteiger partial charge in [0.2, 0.25) is 0 Å². The van der Waals surface area contributed by atoms with Gasteiger partial charge in [0.1, 0.15) is 5.75 Å². The highest BCUT2D eigenvalue weighted by molar-refractivity contribution is 6.32. The lowest BCUT2D eigenvalue weighted by atomic mass is 9.86. The van der Waals surface area contributed by atoms with Crippen molar-refractivity contribution in [2.75, 3.05) is 13.2 Å². The second-order valence-electron chi connectivity index (χ2n) is 5.05. The Morgan fingerprint density at radius 1 is 1.39 bits per heavy atom. The number of hydrogen-bond donors (Lipinski definition) is 1. The van der Waals surface area contributed by atoms with E-state index in [1.54, 1.807) is 0 Å². The number of halogens is 1. The van der Waals surface area contributed by atoms with E-state index in [2.05, 4.69) is 18.3 Å². The molecule has 3 heteroatoms. The van der Waals surface area contributed by atoms with Gasteiger partial charge in [-0.15, -0.1) is 0 Å². The molecule has 1 aromatic carbocycles. The molecular formula is C15H22ClNO. The maximum Gasteiger partial charge on any atom is 0.137 e. The number of rotatable bonds is 7. The Balaban J connectivity index is 1.83. The molecule has 1 aliphatic carbocycles. The van der Waals surface area contributed by atoms with E-state index in [1.165, 1.54) is 24.8 Å². The largest absolute Gasteiger partial charge is 0.492 e. The second-order valence-corrected chi connectivity index (χ2v) is 5.46. The fourth-order valence-corrected chi connectivity index (χ4v) is 2.31. The maximum absolute atomic E-state index is 6.23. The van der Waals surface area contributed by atoms with Gasteiger partial charge in [0.05, 0.1) is 11.6 Å². The molecule has 0 aliphatic heterocycles. The van der Waals surface area contributed by atoms with Gasteiger partial charge in [-0.05, 0) is 49.4 Å². The zero-order valence-corrected chi connectivity index (χ0v) is 11.8. The first kappa shape index (κ1) is 13.7. The smallest absolute Gasteiger partial charge is 0.137 e. The fourth-order valence-electron chi connectivity index (χ4n) is 2.05. The molecule has 1 N–H and O–H groups in total. The van der Waals surface area contributed by atoms with Crippen LogP contribution in [0, 0.1) is 5.92 Å². The van der Waals surface area contributed by atoms with Gasteiger partial charge in [-0.2, -0.15) is 0 Å². The van der Waals surface area contributed by atoms with Crippen LogP contribution < -0.4 is 10.1 Å². The molecule has 0 spiro atoms. The van der Waals surface area contributed by atoms with E-state index in [1.807, 2.05) is 12.1 Å². The summed E-state index contributed by atoms with van der Waals surface area (Å²) < 4.78 is 5.77. The lowest BCUT2D eigenvalue weighted by Gasteiger charge is -2.25. The van der Waals surface area contributed by atoms with Crippen LogP contribution in [0.15, 0.2) is 18.2 Å². The molecular weight excluding hydrogens is 246 g/mol. The van der Waals surface area contributed by atoms with Crippen LogP contribution in [0.3, 0.4) is 0 Å². The Morgan fingerprint density at radius 2 is 2.22 bits per heavy atom. The van der Waals surface area contributed by atoms with Crippen LogP contribution in [-0.2, 0) is 6.54 Å². The van der Waals surface area contributed by atoms with Crippen molar-refractivity contribution in [1.29, 1.82) is 0 Å². The monoisotopic (exact) mass is 267 g/mol. The van der Waals surface area contributed by atoms with E-state index in [0.717, 1.165) is 42.8 Å². The summed E-state index contributed by atoms with van der Waals surface area (Å²) in [5, 5.41) is 4.09. The van der Waals surface area contributed by atoms with Crippen molar-refractivity contribution >= 4 is 11.6 Å². The van der Waals surface area contributed by atoms with Crippen LogP contribution in [0.5, 0.6) is 5.75 Å². The normalized spacial score (nSPS) is 15.4. The van der Waals surface area contributed by atoms with Crippen molar-refractivity contribution in [3.8, 4) is 5.75 Å². The Morgan fingerprint density at radius 3 is 2.83 bits per heavy atom. The second kappa shape index (κ2) is 7.01. The molecule has 0 aromatic heterocycles. The summed E-state index contributed by atoms with van der Waals surface area (Å²) in [5.74, 6) is 1.56. The highest BCUT2D eigenvalue weighted by Gasteiger charge is 2.18. The molecule has 1 saturated carbocycles. The van der Waals surface area contributed by atoms with Crippen molar-refractivity contribution in [3.05, 3.63) is 28.8 Å². The third kappa shape index (κ3) is 3.89. The maximum atomic E-state index is 6.23. The molecule has 0 saturated heterocycles. The van der Waals surface area contributed by atoms with E-state index < -0.39 is 0 Å². The Bertz CT molecular complexity index is 377. The Labute approximate surface area is 115 Å². The van der Waals surface area contributed by atoms with Crippen molar-refractivity contribution in [1.82, 2.24) is 5.32 Å². The molecule has 0 amide bonds. The van der Waals surface area contributed by atoms with Gasteiger partial charge < -0.3 is 10.1 Å². The minimum atomic E-state index is 0.727. The third-order valence-electron chi connectivity index (χ3n) is 3.45. The van der Waals surface area contributed by atoms with Gasteiger partial charge in [-0.25, -0.2) is 0 Å². The van der Waals surface area contributed by atoms with Crippen LogP contribution >= 0.6 is 11.6 Å². The lowest BCUT2D eigenvalue weighted by molar-refractivity contribution is 0.180. The Hall–Kier alpha value is -0.730. The van der Waals surface area contributed by atoms with Gasteiger partial charge in [-0.3, -0.25) is 0 Å². The van der Waals surface area contributed by atoms with Gasteiger partial charge in [0.15, 0.2) is 0 Å². The zero-order valence-electron chi connectivity index (χ0n) is 11.0. The molecule has 1 aromatic rings. The minimum absolute atomic E-state index is 0.727. The van der Waals surface area contributed by atoms with E-state index in [-0.39, 0.29) is 0 Å². The highest BCUT2D eigenvalue weighted by Crippen LogP contribution is 2.30. The SMILES string of the molecule is CCCNCc1ccc(OCC2CCC2)c(Cl)c1. The first-order valence-corrected chi connectivity index (χ1v) is 7.29. The molecule has 18 heavy (non-hydrogen) atoms. The highest BCUT2D eigenvalue weighted by atomic mass is 35.5. The van der Waals surface area contributed by atoms with E-state index in [0.29, 0.717) is 0 Å². The van der Waals surface area contributed by atoms with E-state index in [9.17, 15) is 0 Å². The van der Waals surface area contributed by atoms with Crippen molar-refractivity contribution in [2.45, 2.75) is 39.2 Å². The summed E-state index contributed by atoms with van der Waals surface area (Å²) >= 11 is 6.23. The number of hydrogen-bond acceptors (Lipinski definition) is 2. The average Bonchev–Trinajstić information content (AvgIpc) is 2.30. The van der Waals surface area contributed by atoms with Crippen LogP contribution in [0.2, 0.25) is 5.02 Å². The minimum Gasteiger partial charge on any atom is -0.492 e. The predicted molar refractivity (Wildman–Crippen MR) is 76.3 cm³/mol. The van der Waals surface area contributed by atoms with Crippen LogP contribution in [0.1, 0.15) is 38.2 Å². The summed E-state index contributed by atoms with van der Waals surface area (Å²) in [6.45, 7) is 4.89.